The monoisotopic (exact) mass is 583 g/mol. The fourth-order valence-electron chi connectivity index (χ4n) is 4.87. The van der Waals surface area contributed by atoms with Crippen LogP contribution in [0.15, 0.2) is 97.1 Å². The van der Waals surface area contributed by atoms with Gasteiger partial charge in [0.1, 0.15) is 5.75 Å². The van der Waals surface area contributed by atoms with Crippen molar-refractivity contribution in [3.05, 3.63) is 119 Å². The molecular weight excluding hydrogens is 552 g/mol. The Kier molecular flexibility index (Phi) is 11.4. The summed E-state index contributed by atoms with van der Waals surface area (Å²) in [5.41, 5.74) is 6.11. The second-order valence-electron chi connectivity index (χ2n) is 9.24. The number of benzene rings is 4. The van der Waals surface area contributed by atoms with E-state index < -0.39 is 17.0 Å². The predicted octanol–water partition coefficient (Wildman–Crippen LogP) is 7.57. The van der Waals surface area contributed by atoms with Gasteiger partial charge < -0.3 is 10.0 Å². The van der Waals surface area contributed by atoms with E-state index >= 15 is 0 Å². The third kappa shape index (κ3) is 8.34. The zero-order valence-electron chi connectivity index (χ0n) is 20.8. The molecule has 2 nitrogen and oxygen atoms in total. The number of piperidine rings is 1. The molecule has 0 aromatic heterocycles. The molecule has 0 radical (unpaired) electrons. The molecular formula is C31H32Cl2NOPTi. The van der Waals surface area contributed by atoms with E-state index in [1.165, 1.54) is 46.9 Å². The van der Waals surface area contributed by atoms with Gasteiger partial charge >= 0.3 is 35.6 Å². The molecule has 0 amide bonds. The van der Waals surface area contributed by atoms with Crippen LogP contribution in [0, 0.1) is 0 Å². The van der Waals surface area contributed by atoms with E-state index in [2.05, 4.69) is 95.9 Å². The molecule has 190 valence electrons. The number of para-hydroxylation sites is 1. The van der Waals surface area contributed by atoms with Gasteiger partial charge in [-0.25, -0.2) is 0 Å². The van der Waals surface area contributed by atoms with Crippen LogP contribution < -0.4 is 15.5 Å². The Morgan fingerprint density at radius 1 is 0.676 bits per heavy atom. The van der Waals surface area contributed by atoms with Gasteiger partial charge in [-0.3, -0.25) is 0 Å². The molecule has 5 rings (SSSR count). The summed E-state index contributed by atoms with van der Waals surface area (Å²) in [5, 5.41) is 13.8. The van der Waals surface area contributed by atoms with Gasteiger partial charge in [0.25, 0.3) is 0 Å². The summed E-state index contributed by atoms with van der Waals surface area (Å²) < 4.78 is 0. The molecule has 0 saturated carbocycles. The number of aromatic hydroxyl groups is 1. The molecule has 1 atom stereocenters. The van der Waals surface area contributed by atoms with Crippen molar-refractivity contribution < 1.29 is 22.1 Å². The number of phenols is 1. The molecule has 0 aliphatic carbocycles. The normalized spacial score (nSPS) is 13.3. The van der Waals surface area contributed by atoms with E-state index in [0.717, 1.165) is 36.8 Å². The van der Waals surface area contributed by atoms with Crippen LogP contribution in [-0.2, 0) is 29.9 Å². The van der Waals surface area contributed by atoms with Crippen molar-refractivity contribution >= 4 is 43.5 Å². The number of phenolic OH excluding ortho intramolecular Hbond substituents is 1. The van der Waals surface area contributed by atoms with Crippen molar-refractivity contribution in [2.24, 2.45) is 0 Å². The molecule has 0 spiro atoms. The Hall–Kier alpha value is -1.80. The number of rotatable bonds is 7. The maximum atomic E-state index is 11.4. The van der Waals surface area contributed by atoms with Gasteiger partial charge in [0.15, 0.2) is 0 Å². The summed E-state index contributed by atoms with van der Waals surface area (Å²) in [4.78, 5) is 2.53. The minimum atomic E-state index is -0.556. The third-order valence-corrected chi connectivity index (χ3v) is 7.95. The van der Waals surface area contributed by atoms with Gasteiger partial charge in [0.05, 0.1) is 0 Å². The molecule has 0 bridgehead atoms. The molecule has 6 heteroatoms. The molecule has 4 aromatic rings. The van der Waals surface area contributed by atoms with Gasteiger partial charge in [-0.15, -0.1) is 0 Å². The first-order valence-electron chi connectivity index (χ1n) is 12.7. The van der Waals surface area contributed by atoms with E-state index in [1.54, 1.807) is 0 Å². The number of anilines is 1. The molecule has 1 unspecified atom stereocenters. The quantitative estimate of drug-likeness (QED) is 0.179. The topological polar surface area (TPSA) is 23.5 Å². The minimum absolute atomic E-state index is 0.421. The molecule has 1 saturated heterocycles. The van der Waals surface area contributed by atoms with Gasteiger partial charge in [0, 0.05) is 35.8 Å². The van der Waals surface area contributed by atoms with Gasteiger partial charge in [0.2, 0.25) is 0 Å². The second kappa shape index (κ2) is 15.0. The second-order valence-corrected chi connectivity index (χ2v) is 13.1. The molecule has 1 heterocycles. The van der Waals surface area contributed by atoms with E-state index in [-0.39, 0.29) is 0 Å². The summed E-state index contributed by atoms with van der Waals surface area (Å²) in [6, 6.07) is 34.2. The first-order valence-corrected chi connectivity index (χ1v) is 18.0. The summed E-state index contributed by atoms with van der Waals surface area (Å²) in [7, 11) is 10.2. The van der Waals surface area contributed by atoms with Crippen LogP contribution in [0.1, 0.15) is 41.5 Å². The molecule has 1 N–H and O–H groups in total. The molecule has 1 aliphatic rings. The number of hydrogen-bond donors (Lipinski definition) is 1. The summed E-state index contributed by atoms with van der Waals surface area (Å²) >= 11 is -0.556. The SMILES string of the molecule is Oc1c(Cc2ccccc2)cc(Cc2ccccc2)cc1Pc1ccccc1N1CCCCC1.[Cl][Ti][Cl]. The zero-order chi connectivity index (χ0) is 25.9. The van der Waals surface area contributed by atoms with E-state index in [0.29, 0.717) is 14.3 Å². The Morgan fingerprint density at radius 3 is 1.89 bits per heavy atom. The average molecular weight is 584 g/mol. The van der Waals surface area contributed by atoms with Crippen LogP contribution in [0.25, 0.3) is 0 Å². The van der Waals surface area contributed by atoms with Gasteiger partial charge in [-0.05, 0) is 60.1 Å². The zero-order valence-corrected chi connectivity index (χ0v) is 24.9. The Morgan fingerprint density at radius 2 is 1.24 bits per heavy atom. The Balaban J connectivity index is 0.00000102. The van der Waals surface area contributed by atoms with Crippen molar-refractivity contribution in [3.63, 3.8) is 0 Å². The molecule has 1 fully saturated rings. The number of halogens is 2. The fourth-order valence-corrected chi connectivity index (χ4v) is 6.25. The first-order chi connectivity index (χ1) is 18.2. The Labute approximate surface area is 239 Å². The van der Waals surface area contributed by atoms with Crippen LogP contribution in [0.3, 0.4) is 0 Å². The summed E-state index contributed by atoms with van der Waals surface area (Å²) in [5.74, 6) is 0.451. The third-order valence-electron chi connectivity index (χ3n) is 6.61. The van der Waals surface area contributed by atoms with Crippen molar-refractivity contribution in [3.8, 4) is 5.75 Å². The van der Waals surface area contributed by atoms with E-state index in [9.17, 15) is 5.11 Å². The average Bonchev–Trinajstić information content (AvgIpc) is 2.94. The first kappa shape index (κ1) is 28.2. The van der Waals surface area contributed by atoms with Crippen LogP contribution in [0.2, 0.25) is 0 Å². The van der Waals surface area contributed by atoms with Crippen molar-refractivity contribution in [1.29, 1.82) is 0 Å². The standard InChI is InChI=1S/C31H32NOP.2ClH.Ti/c33-31-27(21-25-14-6-2-7-15-25)22-26(20-24-12-4-1-5-13-24)23-30(31)34-29-17-9-8-16-28(29)32-18-10-3-11-19-32;;;/h1-2,4-9,12-17,22-23,33-34H,3,10-11,18-21H2;2*1H;/q;;;+2/p-2. The van der Waals surface area contributed by atoms with Crippen molar-refractivity contribution in [1.82, 2.24) is 0 Å². The van der Waals surface area contributed by atoms with Crippen LogP contribution in [0.5, 0.6) is 5.75 Å². The van der Waals surface area contributed by atoms with Crippen molar-refractivity contribution in [2.45, 2.75) is 32.1 Å². The van der Waals surface area contributed by atoms with E-state index in [1.807, 2.05) is 6.07 Å². The maximum absolute atomic E-state index is 11.4. The van der Waals surface area contributed by atoms with Gasteiger partial charge in [-0.1, -0.05) is 93.5 Å². The molecule has 1 aliphatic heterocycles. The van der Waals surface area contributed by atoms with Crippen LogP contribution in [0.4, 0.5) is 5.69 Å². The van der Waals surface area contributed by atoms with Crippen LogP contribution >= 0.6 is 27.2 Å². The van der Waals surface area contributed by atoms with Crippen molar-refractivity contribution in [2.75, 3.05) is 18.0 Å². The van der Waals surface area contributed by atoms with Crippen LogP contribution in [-0.4, -0.2) is 18.2 Å². The van der Waals surface area contributed by atoms with E-state index in [4.69, 9.17) is 18.6 Å². The summed E-state index contributed by atoms with van der Waals surface area (Å²) in [6.07, 6.45) is 5.45. The van der Waals surface area contributed by atoms with Gasteiger partial charge in [-0.2, -0.15) is 0 Å². The predicted molar refractivity (Wildman–Crippen MR) is 158 cm³/mol. The fraction of sp³-hybridized carbons (Fsp3) is 0.226. The Bertz CT molecular complexity index is 1250. The summed E-state index contributed by atoms with van der Waals surface area (Å²) in [6.45, 7) is 2.25. The number of nitrogens with zero attached hydrogens (tertiary/aromatic N) is 1. The number of hydrogen-bond acceptors (Lipinski definition) is 2. The molecule has 4 aromatic carbocycles. The molecule has 37 heavy (non-hydrogen) atoms.